The molecule has 0 aromatic heterocycles. The first-order valence-corrected chi connectivity index (χ1v) is 4.59. The second-order valence-electron chi connectivity index (χ2n) is 5.00. The minimum atomic E-state index is -1.28. The molecular formula is C9H22N2O3. The van der Waals surface area contributed by atoms with E-state index in [9.17, 15) is 15.3 Å². The standard InChI is InChI=1S/C9H22N2O3/c1-7(2,12)10-11(8(3,4)13)9(5,6)14/h10,12-14H,1-6H3. The number of aliphatic hydroxyl groups is 3. The lowest BCUT2D eigenvalue weighted by atomic mass is 10.2. The molecule has 0 amide bonds. The summed E-state index contributed by atoms with van der Waals surface area (Å²) in [4.78, 5) is 0. The minimum absolute atomic E-state index is 1.19. The molecule has 0 atom stereocenters. The molecule has 0 aliphatic carbocycles. The van der Waals surface area contributed by atoms with Crippen LogP contribution >= 0.6 is 0 Å². The third kappa shape index (κ3) is 4.88. The van der Waals surface area contributed by atoms with Crippen molar-refractivity contribution in [3.05, 3.63) is 0 Å². The number of nitrogens with one attached hydrogen (secondary N) is 1. The molecule has 0 bridgehead atoms. The number of nitrogens with zero attached hydrogens (tertiary/aromatic N) is 1. The lowest BCUT2D eigenvalue weighted by molar-refractivity contribution is -0.254. The molecule has 4 N–H and O–H groups in total. The third-order valence-corrected chi connectivity index (χ3v) is 1.48. The summed E-state index contributed by atoms with van der Waals surface area (Å²) in [5, 5.41) is 30.3. The molecule has 86 valence electrons. The summed E-state index contributed by atoms with van der Waals surface area (Å²) in [6.07, 6.45) is 0. The van der Waals surface area contributed by atoms with Gasteiger partial charge < -0.3 is 15.3 Å². The lowest BCUT2D eigenvalue weighted by Crippen LogP contribution is -2.66. The van der Waals surface area contributed by atoms with E-state index >= 15 is 0 Å². The first-order valence-electron chi connectivity index (χ1n) is 4.59. The van der Waals surface area contributed by atoms with Gasteiger partial charge in [-0.15, -0.1) is 0 Å². The SMILES string of the molecule is CC(C)(O)NN(C(C)(C)O)C(C)(C)O. The van der Waals surface area contributed by atoms with Gasteiger partial charge in [-0.25, -0.2) is 5.43 Å². The third-order valence-electron chi connectivity index (χ3n) is 1.48. The minimum Gasteiger partial charge on any atom is -0.375 e. The van der Waals surface area contributed by atoms with Gasteiger partial charge in [-0.3, -0.25) is 0 Å². The van der Waals surface area contributed by atoms with E-state index in [1.54, 1.807) is 0 Å². The molecule has 0 heterocycles. The molecule has 5 heteroatoms. The van der Waals surface area contributed by atoms with Crippen LogP contribution in [0.1, 0.15) is 41.5 Å². The molecule has 5 nitrogen and oxygen atoms in total. The number of hydrogen-bond donors (Lipinski definition) is 4. The lowest BCUT2D eigenvalue weighted by Gasteiger charge is -2.45. The largest absolute Gasteiger partial charge is 0.375 e. The van der Waals surface area contributed by atoms with E-state index in [2.05, 4.69) is 5.43 Å². The van der Waals surface area contributed by atoms with Gasteiger partial charge in [0.1, 0.15) is 17.2 Å². The highest BCUT2D eigenvalue weighted by molar-refractivity contribution is 4.77. The van der Waals surface area contributed by atoms with E-state index in [0.717, 1.165) is 0 Å². The Labute approximate surface area is 85.3 Å². The summed E-state index contributed by atoms with van der Waals surface area (Å²) in [5.74, 6) is 0. The Balaban J connectivity index is 4.78. The summed E-state index contributed by atoms with van der Waals surface area (Å²) in [6.45, 7) is 9.12. The quantitative estimate of drug-likeness (QED) is 0.384. The van der Waals surface area contributed by atoms with Crippen LogP contribution in [0.15, 0.2) is 0 Å². The Morgan fingerprint density at radius 2 is 1.07 bits per heavy atom. The van der Waals surface area contributed by atoms with Gasteiger partial charge in [0.2, 0.25) is 0 Å². The van der Waals surface area contributed by atoms with E-state index < -0.39 is 17.2 Å². The molecule has 0 aromatic rings. The van der Waals surface area contributed by atoms with E-state index in [1.807, 2.05) is 0 Å². The fourth-order valence-corrected chi connectivity index (χ4v) is 1.22. The van der Waals surface area contributed by atoms with Crippen LogP contribution in [0.5, 0.6) is 0 Å². The van der Waals surface area contributed by atoms with Crippen LogP contribution in [0, 0.1) is 0 Å². The molecule has 0 saturated heterocycles. The van der Waals surface area contributed by atoms with Gasteiger partial charge in [-0.1, -0.05) is 0 Å². The maximum Gasteiger partial charge on any atom is 0.128 e. The first-order chi connectivity index (χ1) is 5.84. The Kier molecular flexibility index (Phi) is 3.70. The molecule has 0 radical (unpaired) electrons. The van der Waals surface area contributed by atoms with Crippen molar-refractivity contribution in [3.63, 3.8) is 0 Å². The fraction of sp³-hybridized carbons (Fsp3) is 1.00. The van der Waals surface area contributed by atoms with Crippen molar-refractivity contribution in [1.29, 1.82) is 0 Å². The summed E-state index contributed by atoms with van der Waals surface area (Å²) >= 11 is 0. The summed E-state index contributed by atoms with van der Waals surface area (Å²) in [7, 11) is 0. The highest BCUT2D eigenvalue weighted by Crippen LogP contribution is 2.20. The highest BCUT2D eigenvalue weighted by Gasteiger charge is 2.37. The zero-order chi connectivity index (χ0) is 11.8. The summed E-state index contributed by atoms with van der Waals surface area (Å²) < 4.78 is 0. The maximum atomic E-state index is 9.77. The number of hydrazine groups is 1. The van der Waals surface area contributed by atoms with Gasteiger partial charge in [-0.05, 0) is 41.5 Å². The summed E-state index contributed by atoms with van der Waals surface area (Å²) in [5.41, 5.74) is -1.14. The smallest absolute Gasteiger partial charge is 0.128 e. The van der Waals surface area contributed by atoms with Gasteiger partial charge >= 0.3 is 0 Å². The van der Waals surface area contributed by atoms with Crippen molar-refractivity contribution in [1.82, 2.24) is 10.4 Å². The molecule has 0 saturated carbocycles. The second-order valence-corrected chi connectivity index (χ2v) is 5.00. The molecule has 0 aliphatic rings. The molecule has 0 unspecified atom stereocenters. The Hall–Kier alpha value is -0.200. The highest BCUT2D eigenvalue weighted by atomic mass is 16.4. The first kappa shape index (κ1) is 13.8. The van der Waals surface area contributed by atoms with E-state index in [0.29, 0.717) is 0 Å². The number of hydrogen-bond acceptors (Lipinski definition) is 5. The average molecular weight is 206 g/mol. The van der Waals surface area contributed by atoms with Crippen molar-refractivity contribution >= 4 is 0 Å². The summed E-state index contributed by atoms with van der Waals surface area (Å²) in [6, 6.07) is 0. The zero-order valence-electron chi connectivity index (χ0n) is 9.79. The van der Waals surface area contributed by atoms with Gasteiger partial charge in [0.15, 0.2) is 0 Å². The van der Waals surface area contributed by atoms with Crippen LogP contribution in [0.2, 0.25) is 0 Å². The predicted molar refractivity (Wildman–Crippen MR) is 53.9 cm³/mol. The van der Waals surface area contributed by atoms with Crippen LogP contribution < -0.4 is 5.43 Å². The van der Waals surface area contributed by atoms with E-state index in [4.69, 9.17) is 0 Å². The molecule has 0 rings (SSSR count). The van der Waals surface area contributed by atoms with Crippen molar-refractivity contribution < 1.29 is 15.3 Å². The van der Waals surface area contributed by atoms with Gasteiger partial charge in [0.25, 0.3) is 0 Å². The van der Waals surface area contributed by atoms with Gasteiger partial charge in [-0.2, -0.15) is 5.01 Å². The Morgan fingerprint density at radius 3 is 1.14 bits per heavy atom. The van der Waals surface area contributed by atoms with Crippen LogP contribution in [0.4, 0.5) is 0 Å². The second kappa shape index (κ2) is 3.75. The van der Waals surface area contributed by atoms with E-state index in [-0.39, 0.29) is 0 Å². The topological polar surface area (TPSA) is 76.0 Å². The van der Waals surface area contributed by atoms with Crippen molar-refractivity contribution in [2.24, 2.45) is 0 Å². The fourth-order valence-electron chi connectivity index (χ4n) is 1.22. The monoisotopic (exact) mass is 206 g/mol. The Bertz CT molecular complexity index is 172. The van der Waals surface area contributed by atoms with E-state index in [1.165, 1.54) is 46.6 Å². The molecule has 14 heavy (non-hydrogen) atoms. The molecule has 0 spiro atoms. The van der Waals surface area contributed by atoms with Crippen LogP contribution in [-0.2, 0) is 0 Å². The van der Waals surface area contributed by atoms with Gasteiger partial charge in [0.05, 0.1) is 0 Å². The normalized spacial score (nSPS) is 15.0. The predicted octanol–water partition coefficient (Wildman–Crippen LogP) is -0.0218. The maximum absolute atomic E-state index is 9.77. The average Bonchev–Trinajstić information content (AvgIpc) is 1.75. The Morgan fingerprint density at radius 1 is 0.786 bits per heavy atom. The van der Waals surface area contributed by atoms with Crippen molar-refractivity contribution in [2.45, 2.75) is 58.7 Å². The zero-order valence-corrected chi connectivity index (χ0v) is 9.79. The molecule has 0 aromatic carbocycles. The molecule has 0 fully saturated rings. The van der Waals surface area contributed by atoms with Crippen LogP contribution in [-0.4, -0.2) is 37.5 Å². The molecular weight excluding hydrogens is 184 g/mol. The van der Waals surface area contributed by atoms with Crippen molar-refractivity contribution in [3.8, 4) is 0 Å². The van der Waals surface area contributed by atoms with Crippen LogP contribution in [0.25, 0.3) is 0 Å². The van der Waals surface area contributed by atoms with Crippen molar-refractivity contribution in [2.75, 3.05) is 0 Å². The van der Waals surface area contributed by atoms with Gasteiger partial charge in [0, 0.05) is 0 Å². The van der Waals surface area contributed by atoms with Crippen LogP contribution in [0.3, 0.4) is 0 Å². The molecule has 0 aliphatic heterocycles. The number of rotatable bonds is 4.